The third kappa shape index (κ3) is 4.11. The van der Waals surface area contributed by atoms with E-state index in [4.69, 9.17) is 26.8 Å². The van der Waals surface area contributed by atoms with E-state index in [1.165, 1.54) is 0 Å². The molecule has 104 valence electrons. The van der Waals surface area contributed by atoms with Crippen LogP contribution in [0.1, 0.15) is 31.4 Å². The second kappa shape index (κ2) is 6.78. The average Bonchev–Trinajstić information content (AvgIpc) is 2.81. The number of amidine groups is 1. The monoisotopic (exact) mass is 282 g/mol. The summed E-state index contributed by atoms with van der Waals surface area (Å²) >= 11 is 5.90. The van der Waals surface area contributed by atoms with Crippen molar-refractivity contribution >= 4 is 17.6 Å². The van der Waals surface area contributed by atoms with Crippen molar-refractivity contribution in [1.29, 1.82) is 0 Å². The quantitative estimate of drug-likeness (QED) is 0.873. The Morgan fingerprint density at radius 2 is 2.21 bits per heavy atom. The van der Waals surface area contributed by atoms with E-state index in [1.807, 2.05) is 31.2 Å². The van der Waals surface area contributed by atoms with Crippen LogP contribution in [0.2, 0.25) is 5.02 Å². The first-order valence-electron chi connectivity index (χ1n) is 6.52. The molecule has 0 bridgehead atoms. The van der Waals surface area contributed by atoms with Crippen molar-refractivity contribution < 1.29 is 9.47 Å². The van der Waals surface area contributed by atoms with Gasteiger partial charge in [-0.25, -0.2) is 4.99 Å². The molecule has 2 rings (SSSR count). The summed E-state index contributed by atoms with van der Waals surface area (Å²) in [6.07, 6.45) is 1.85. The fourth-order valence-electron chi connectivity index (χ4n) is 2.15. The molecule has 2 unspecified atom stereocenters. The Bertz CT molecular complexity index is 434. The maximum atomic E-state index is 5.90. The highest BCUT2D eigenvalue weighted by Crippen LogP contribution is 2.26. The molecule has 0 spiro atoms. The minimum absolute atomic E-state index is 0.0688. The first kappa shape index (κ1) is 14.2. The van der Waals surface area contributed by atoms with E-state index in [1.54, 1.807) is 0 Å². The molecule has 19 heavy (non-hydrogen) atoms. The predicted octanol–water partition coefficient (Wildman–Crippen LogP) is 2.91. The first-order valence-corrected chi connectivity index (χ1v) is 6.90. The number of nitrogens with zero attached hydrogens (tertiary/aromatic N) is 1. The number of aliphatic imine (C=N–C) groups is 1. The molecule has 0 saturated carbocycles. The van der Waals surface area contributed by atoms with E-state index in [0.29, 0.717) is 19.2 Å². The molecule has 2 N–H and O–H groups in total. The van der Waals surface area contributed by atoms with E-state index in [-0.39, 0.29) is 12.1 Å². The van der Waals surface area contributed by atoms with Crippen molar-refractivity contribution in [2.45, 2.75) is 31.9 Å². The van der Waals surface area contributed by atoms with Crippen LogP contribution in [0.4, 0.5) is 0 Å². The molecule has 4 nitrogen and oxygen atoms in total. The fraction of sp³-hybridized carbons (Fsp3) is 0.500. The smallest absolute Gasteiger partial charge is 0.282 e. The van der Waals surface area contributed by atoms with Gasteiger partial charge in [0, 0.05) is 11.6 Å². The van der Waals surface area contributed by atoms with Gasteiger partial charge < -0.3 is 15.2 Å². The normalized spacial score (nSPS) is 19.9. The molecule has 0 aromatic heterocycles. The summed E-state index contributed by atoms with van der Waals surface area (Å²) in [6.45, 7) is 3.25. The topological polar surface area (TPSA) is 56.8 Å². The maximum absolute atomic E-state index is 5.90. The summed E-state index contributed by atoms with van der Waals surface area (Å²) in [5.74, 6) is 0. The molecule has 1 aromatic rings. The van der Waals surface area contributed by atoms with Crippen LogP contribution in [0.25, 0.3) is 0 Å². The molecule has 0 fully saturated rings. The van der Waals surface area contributed by atoms with E-state index in [2.05, 4.69) is 4.99 Å². The largest absolute Gasteiger partial charge is 0.463 e. The highest BCUT2D eigenvalue weighted by molar-refractivity contribution is 6.30. The van der Waals surface area contributed by atoms with Gasteiger partial charge in [0.15, 0.2) is 0 Å². The van der Waals surface area contributed by atoms with Crippen molar-refractivity contribution in [3.05, 3.63) is 34.9 Å². The molecule has 0 aliphatic carbocycles. The molecule has 1 aliphatic heterocycles. The maximum Gasteiger partial charge on any atom is 0.282 e. The lowest BCUT2D eigenvalue weighted by atomic mass is 10.0. The highest BCUT2D eigenvalue weighted by atomic mass is 35.5. The number of hydrogen-bond donors (Lipinski definition) is 1. The van der Waals surface area contributed by atoms with E-state index in [9.17, 15) is 0 Å². The predicted molar refractivity (Wildman–Crippen MR) is 76.4 cm³/mol. The van der Waals surface area contributed by atoms with E-state index >= 15 is 0 Å². The van der Waals surface area contributed by atoms with Gasteiger partial charge in [0.05, 0.1) is 12.1 Å². The summed E-state index contributed by atoms with van der Waals surface area (Å²) in [7, 11) is 0. The molecule has 1 heterocycles. The van der Waals surface area contributed by atoms with Gasteiger partial charge in [-0.05, 0) is 37.5 Å². The molecule has 0 saturated heterocycles. The van der Waals surface area contributed by atoms with Gasteiger partial charge in [-0.2, -0.15) is 0 Å². The molecule has 1 aromatic carbocycles. The first-order chi connectivity index (χ1) is 9.19. The Morgan fingerprint density at radius 1 is 1.47 bits per heavy atom. The molecule has 2 atom stereocenters. The SMILES string of the molecule is CCOC(CCC1COC(N)=N1)c1ccc(Cl)cc1. The van der Waals surface area contributed by atoms with Crippen molar-refractivity contribution in [3.63, 3.8) is 0 Å². The number of benzene rings is 1. The number of hydrogen-bond acceptors (Lipinski definition) is 4. The lowest BCUT2D eigenvalue weighted by Gasteiger charge is -2.18. The summed E-state index contributed by atoms with van der Waals surface area (Å²) < 4.78 is 10.9. The van der Waals surface area contributed by atoms with Crippen molar-refractivity contribution in [2.75, 3.05) is 13.2 Å². The number of ether oxygens (including phenoxy) is 2. The van der Waals surface area contributed by atoms with Crippen molar-refractivity contribution in [2.24, 2.45) is 10.7 Å². The number of rotatable bonds is 6. The van der Waals surface area contributed by atoms with Crippen LogP contribution in [-0.4, -0.2) is 25.3 Å². The number of halogens is 1. The van der Waals surface area contributed by atoms with Gasteiger partial charge in [-0.15, -0.1) is 0 Å². The summed E-state index contributed by atoms with van der Waals surface area (Å²) in [4.78, 5) is 4.22. The Labute approximate surface area is 118 Å². The summed E-state index contributed by atoms with van der Waals surface area (Å²) in [6, 6.07) is 8.23. The molecule has 0 amide bonds. The van der Waals surface area contributed by atoms with Gasteiger partial charge in [0.1, 0.15) is 6.61 Å². The lowest BCUT2D eigenvalue weighted by Crippen LogP contribution is -2.11. The van der Waals surface area contributed by atoms with E-state index < -0.39 is 0 Å². The van der Waals surface area contributed by atoms with Crippen LogP contribution in [0, 0.1) is 0 Å². The van der Waals surface area contributed by atoms with Crippen LogP contribution < -0.4 is 5.73 Å². The Morgan fingerprint density at radius 3 is 2.79 bits per heavy atom. The minimum Gasteiger partial charge on any atom is -0.463 e. The number of nitrogens with two attached hydrogens (primary N) is 1. The van der Waals surface area contributed by atoms with Gasteiger partial charge >= 0.3 is 0 Å². The van der Waals surface area contributed by atoms with E-state index in [0.717, 1.165) is 23.4 Å². The van der Waals surface area contributed by atoms with Gasteiger partial charge in [-0.1, -0.05) is 23.7 Å². The second-order valence-corrected chi connectivity index (χ2v) is 4.94. The van der Waals surface area contributed by atoms with Crippen molar-refractivity contribution in [1.82, 2.24) is 0 Å². The Kier molecular flexibility index (Phi) is 5.05. The lowest BCUT2D eigenvalue weighted by molar-refractivity contribution is 0.0529. The van der Waals surface area contributed by atoms with Gasteiger partial charge in [-0.3, -0.25) is 0 Å². The standard InChI is InChI=1S/C14H19ClN2O2/c1-2-18-13(10-3-5-11(15)6-4-10)8-7-12-9-19-14(16)17-12/h3-6,12-13H,2,7-9H2,1H3,(H2,16,17). The summed E-state index contributed by atoms with van der Waals surface area (Å²) in [5.41, 5.74) is 6.64. The third-order valence-electron chi connectivity index (χ3n) is 3.11. The van der Waals surface area contributed by atoms with Crippen molar-refractivity contribution in [3.8, 4) is 0 Å². The van der Waals surface area contributed by atoms with Crippen LogP contribution in [0.15, 0.2) is 29.3 Å². The zero-order valence-electron chi connectivity index (χ0n) is 11.0. The molecule has 0 radical (unpaired) electrons. The van der Waals surface area contributed by atoms with Crippen LogP contribution in [0.3, 0.4) is 0 Å². The van der Waals surface area contributed by atoms with Gasteiger partial charge in [0.2, 0.25) is 0 Å². The van der Waals surface area contributed by atoms with Crippen LogP contribution in [0.5, 0.6) is 0 Å². The molecular weight excluding hydrogens is 264 g/mol. The van der Waals surface area contributed by atoms with Gasteiger partial charge in [0.25, 0.3) is 6.02 Å². The zero-order chi connectivity index (χ0) is 13.7. The molecule has 5 heteroatoms. The Balaban J connectivity index is 1.94. The molecular formula is C14H19ClN2O2. The Hall–Kier alpha value is -1.26. The second-order valence-electron chi connectivity index (χ2n) is 4.51. The zero-order valence-corrected chi connectivity index (χ0v) is 11.8. The summed E-state index contributed by atoms with van der Waals surface area (Å²) in [5, 5.41) is 0.737. The average molecular weight is 283 g/mol. The van der Waals surface area contributed by atoms with Crippen LogP contribution in [-0.2, 0) is 9.47 Å². The minimum atomic E-state index is 0.0688. The molecule has 1 aliphatic rings. The highest BCUT2D eigenvalue weighted by Gasteiger charge is 2.19. The van der Waals surface area contributed by atoms with Crippen LogP contribution >= 0.6 is 11.6 Å². The fourth-order valence-corrected chi connectivity index (χ4v) is 2.28. The third-order valence-corrected chi connectivity index (χ3v) is 3.36.